The summed E-state index contributed by atoms with van der Waals surface area (Å²) in [5.74, 6) is 0.945. The Kier molecular flexibility index (Phi) is 5.92. The van der Waals surface area contributed by atoms with Crippen molar-refractivity contribution in [2.24, 2.45) is 11.3 Å². The van der Waals surface area contributed by atoms with Crippen LogP contribution in [-0.4, -0.2) is 36.6 Å². The molecule has 20 heavy (non-hydrogen) atoms. The van der Waals surface area contributed by atoms with E-state index in [9.17, 15) is 0 Å². The summed E-state index contributed by atoms with van der Waals surface area (Å²) in [7, 11) is 0. The van der Waals surface area contributed by atoms with Gasteiger partial charge < -0.3 is 5.32 Å². The van der Waals surface area contributed by atoms with Crippen molar-refractivity contribution in [2.45, 2.75) is 84.7 Å². The van der Waals surface area contributed by atoms with Crippen LogP contribution in [0.3, 0.4) is 0 Å². The number of likely N-dealkylation sites (tertiary alicyclic amines) is 1. The fourth-order valence-corrected chi connectivity index (χ4v) is 4.23. The molecule has 3 unspecified atom stereocenters. The molecule has 0 radical (unpaired) electrons. The number of nitrogens with zero attached hydrogens (tertiary/aromatic N) is 1. The molecule has 0 aromatic rings. The van der Waals surface area contributed by atoms with Crippen LogP contribution in [0.2, 0.25) is 0 Å². The van der Waals surface area contributed by atoms with Crippen LogP contribution < -0.4 is 5.32 Å². The summed E-state index contributed by atoms with van der Waals surface area (Å²) in [4.78, 5) is 2.84. The standard InChI is InChI=1S/C18H36N2/c1-5-11-19-16-9-10-18(3,4)13-17(16)20-12-7-8-15(6-2)14-20/h15-17,19H,5-14H2,1-4H3. The van der Waals surface area contributed by atoms with Gasteiger partial charge in [-0.3, -0.25) is 4.90 Å². The smallest absolute Gasteiger partial charge is 0.0254 e. The number of rotatable bonds is 5. The second kappa shape index (κ2) is 7.26. The van der Waals surface area contributed by atoms with E-state index in [0.29, 0.717) is 5.41 Å². The third-order valence-electron chi connectivity index (χ3n) is 5.61. The molecule has 1 saturated carbocycles. The lowest BCUT2D eigenvalue weighted by Gasteiger charge is -2.48. The predicted molar refractivity (Wildman–Crippen MR) is 88.1 cm³/mol. The van der Waals surface area contributed by atoms with Gasteiger partial charge in [-0.15, -0.1) is 0 Å². The molecule has 1 N–H and O–H groups in total. The second-order valence-corrected chi connectivity index (χ2v) is 7.95. The van der Waals surface area contributed by atoms with Gasteiger partial charge in [0.1, 0.15) is 0 Å². The van der Waals surface area contributed by atoms with Crippen molar-refractivity contribution in [3.63, 3.8) is 0 Å². The number of nitrogens with one attached hydrogen (secondary N) is 1. The van der Waals surface area contributed by atoms with Crippen LogP contribution in [0.25, 0.3) is 0 Å². The zero-order valence-electron chi connectivity index (χ0n) is 14.3. The van der Waals surface area contributed by atoms with Crippen molar-refractivity contribution in [1.82, 2.24) is 10.2 Å². The highest BCUT2D eigenvalue weighted by Crippen LogP contribution is 2.38. The Bertz CT molecular complexity index is 287. The Morgan fingerprint density at radius 1 is 1.20 bits per heavy atom. The molecule has 0 amide bonds. The molecular weight excluding hydrogens is 244 g/mol. The van der Waals surface area contributed by atoms with Gasteiger partial charge in [0, 0.05) is 18.6 Å². The van der Waals surface area contributed by atoms with Gasteiger partial charge in [0.2, 0.25) is 0 Å². The quantitative estimate of drug-likeness (QED) is 0.817. The minimum atomic E-state index is 0.536. The topological polar surface area (TPSA) is 15.3 Å². The molecule has 2 rings (SSSR count). The van der Waals surface area contributed by atoms with Crippen molar-refractivity contribution in [1.29, 1.82) is 0 Å². The molecule has 118 valence electrons. The maximum absolute atomic E-state index is 3.85. The second-order valence-electron chi connectivity index (χ2n) is 7.95. The highest BCUT2D eigenvalue weighted by Gasteiger charge is 2.38. The summed E-state index contributed by atoms with van der Waals surface area (Å²) in [6.07, 6.45) is 9.61. The van der Waals surface area contributed by atoms with Crippen LogP contribution in [0, 0.1) is 11.3 Å². The normalized spacial score (nSPS) is 35.1. The van der Waals surface area contributed by atoms with Gasteiger partial charge in [-0.05, 0) is 62.9 Å². The zero-order valence-corrected chi connectivity index (χ0v) is 14.3. The van der Waals surface area contributed by atoms with Gasteiger partial charge in [-0.25, -0.2) is 0 Å². The van der Waals surface area contributed by atoms with E-state index in [1.54, 1.807) is 0 Å². The van der Waals surface area contributed by atoms with Crippen LogP contribution in [0.4, 0.5) is 0 Å². The Morgan fingerprint density at radius 3 is 2.70 bits per heavy atom. The van der Waals surface area contributed by atoms with Crippen LogP contribution in [0.15, 0.2) is 0 Å². The lowest BCUT2D eigenvalue weighted by molar-refractivity contribution is 0.0356. The van der Waals surface area contributed by atoms with Gasteiger partial charge in [-0.1, -0.05) is 34.1 Å². The van der Waals surface area contributed by atoms with Crippen molar-refractivity contribution in [3.8, 4) is 0 Å². The minimum Gasteiger partial charge on any atom is -0.312 e. The number of hydrogen-bond acceptors (Lipinski definition) is 2. The van der Waals surface area contributed by atoms with Crippen LogP contribution in [-0.2, 0) is 0 Å². The molecule has 2 nitrogen and oxygen atoms in total. The van der Waals surface area contributed by atoms with Gasteiger partial charge in [0.25, 0.3) is 0 Å². The van der Waals surface area contributed by atoms with Gasteiger partial charge in [-0.2, -0.15) is 0 Å². The Labute approximate surface area is 126 Å². The van der Waals surface area contributed by atoms with E-state index in [2.05, 4.69) is 37.9 Å². The fourth-order valence-electron chi connectivity index (χ4n) is 4.23. The first kappa shape index (κ1) is 16.3. The van der Waals surface area contributed by atoms with Crippen molar-refractivity contribution >= 4 is 0 Å². The summed E-state index contributed by atoms with van der Waals surface area (Å²) in [5, 5.41) is 3.85. The maximum Gasteiger partial charge on any atom is 0.0254 e. The fraction of sp³-hybridized carbons (Fsp3) is 1.00. The molecule has 2 aliphatic rings. The average Bonchev–Trinajstić information content (AvgIpc) is 2.45. The van der Waals surface area contributed by atoms with E-state index in [4.69, 9.17) is 0 Å². The summed E-state index contributed by atoms with van der Waals surface area (Å²) in [6, 6.07) is 1.51. The Balaban J connectivity index is 2.01. The molecule has 2 heteroatoms. The summed E-state index contributed by atoms with van der Waals surface area (Å²) >= 11 is 0. The van der Waals surface area contributed by atoms with Crippen LogP contribution in [0.5, 0.6) is 0 Å². The summed E-state index contributed by atoms with van der Waals surface area (Å²) in [6.45, 7) is 13.5. The first-order valence-corrected chi connectivity index (χ1v) is 9.03. The molecule has 2 fully saturated rings. The number of hydrogen-bond donors (Lipinski definition) is 1. The molecule has 1 heterocycles. The summed E-state index contributed by atoms with van der Waals surface area (Å²) < 4.78 is 0. The Morgan fingerprint density at radius 2 is 2.00 bits per heavy atom. The van der Waals surface area contributed by atoms with E-state index in [0.717, 1.165) is 18.0 Å². The zero-order chi connectivity index (χ0) is 14.6. The van der Waals surface area contributed by atoms with E-state index >= 15 is 0 Å². The molecule has 0 bridgehead atoms. The van der Waals surface area contributed by atoms with Crippen molar-refractivity contribution in [3.05, 3.63) is 0 Å². The SMILES string of the molecule is CCCNC1CCC(C)(C)CC1N1CCCC(CC)C1. The van der Waals surface area contributed by atoms with Gasteiger partial charge >= 0.3 is 0 Å². The molecule has 0 aromatic carbocycles. The molecule has 3 atom stereocenters. The lowest BCUT2D eigenvalue weighted by atomic mass is 9.72. The van der Waals surface area contributed by atoms with Gasteiger partial charge in [0.05, 0.1) is 0 Å². The van der Waals surface area contributed by atoms with E-state index in [1.165, 1.54) is 64.6 Å². The molecule has 0 spiro atoms. The molecule has 1 aliphatic carbocycles. The maximum atomic E-state index is 3.85. The largest absolute Gasteiger partial charge is 0.312 e. The van der Waals surface area contributed by atoms with Gasteiger partial charge in [0.15, 0.2) is 0 Å². The van der Waals surface area contributed by atoms with Crippen LogP contribution >= 0.6 is 0 Å². The summed E-state index contributed by atoms with van der Waals surface area (Å²) in [5.41, 5.74) is 0.536. The predicted octanol–water partition coefficient (Wildman–Crippen LogP) is 4.06. The van der Waals surface area contributed by atoms with E-state index in [1.807, 2.05) is 0 Å². The third kappa shape index (κ3) is 4.21. The molecule has 1 saturated heterocycles. The van der Waals surface area contributed by atoms with E-state index < -0.39 is 0 Å². The minimum absolute atomic E-state index is 0.536. The highest BCUT2D eigenvalue weighted by atomic mass is 15.2. The van der Waals surface area contributed by atoms with Crippen molar-refractivity contribution in [2.75, 3.05) is 19.6 Å². The first-order chi connectivity index (χ1) is 9.55. The lowest BCUT2D eigenvalue weighted by Crippen LogP contribution is -2.57. The Hall–Kier alpha value is -0.0800. The van der Waals surface area contributed by atoms with E-state index in [-0.39, 0.29) is 0 Å². The molecular formula is C18H36N2. The molecule has 0 aromatic heterocycles. The van der Waals surface area contributed by atoms with Crippen LogP contribution in [0.1, 0.15) is 72.6 Å². The third-order valence-corrected chi connectivity index (χ3v) is 5.61. The number of piperidine rings is 1. The molecule has 1 aliphatic heterocycles. The first-order valence-electron chi connectivity index (χ1n) is 9.03. The van der Waals surface area contributed by atoms with Crippen molar-refractivity contribution < 1.29 is 0 Å². The highest BCUT2D eigenvalue weighted by molar-refractivity contribution is 4.95. The monoisotopic (exact) mass is 280 g/mol. The average molecular weight is 280 g/mol.